The Balaban J connectivity index is 2.02. The maximum atomic E-state index is 4.52. The molecule has 2 heterocycles. The van der Waals surface area contributed by atoms with Gasteiger partial charge in [-0.25, -0.2) is 4.98 Å². The molecule has 1 N–H and O–H groups in total. The zero-order chi connectivity index (χ0) is 15.5. The van der Waals surface area contributed by atoms with Gasteiger partial charge in [0, 0.05) is 36.4 Å². The first-order valence-corrected chi connectivity index (χ1v) is 8.03. The third kappa shape index (κ3) is 5.10. The van der Waals surface area contributed by atoms with Crippen LogP contribution in [0.5, 0.6) is 0 Å². The van der Waals surface area contributed by atoms with Crippen molar-refractivity contribution in [1.29, 1.82) is 0 Å². The van der Waals surface area contributed by atoms with Crippen molar-refractivity contribution in [3.8, 4) is 0 Å². The molecule has 114 valence electrons. The summed E-state index contributed by atoms with van der Waals surface area (Å²) in [4.78, 5) is 11.2. The summed E-state index contributed by atoms with van der Waals surface area (Å²) < 4.78 is 0. The molecular weight excluding hydrogens is 280 g/mol. The molecule has 2 rings (SSSR count). The number of pyridine rings is 1. The van der Waals surface area contributed by atoms with Crippen LogP contribution < -0.4 is 10.2 Å². The summed E-state index contributed by atoms with van der Waals surface area (Å²) in [6, 6.07) is 4.18. The summed E-state index contributed by atoms with van der Waals surface area (Å²) >= 11 is 1.70. The smallest absolute Gasteiger partial charge is 0.0898 e. The van der Waals surface area contributed by atoms with Crippen molar-refractivity contribution >= 4 is 17.0 Å². The highest BCUT2D eigenvalue weighted by Gasteiger charge is 2.10. The van der Waals surface area contributed by atoms with Crippen LogP contribution in [0.25, 0.3) is 0 Å². The number of hydrogen-bond donors (Lipinski definition) is 1. The van der Waals surface area contributed by atoms with Gasteiger partial charge in [-0.05, 0) is 39.8 Å². The molecule has 2 aromatic heterocycles. The highest BCUT2D eigenvalue weighted by Crippen LogP contribution is 2.17. The first-order chi connectivity index (χ1) is 9.83. The molecule has 21 heavy (non-hydrogen) atoms. The van der Waals surface area contributed by atoms with E-state index in [0.717, 1.165) is 29.5 Å². The second kappa shape index (κ2) is 6.54. The first kappa shape index (κ1) is 15.9. The Bertz CT molecular complexity index is 586. The predicted molar refractivity (Wildman–Crippen MR) is 89.8 cm³/mol. The fraction of sp³-hybridized carbons (Fsp3) is 0.500. The molecule has 0 amide bonds. The van der Waals surface area contributed by atoms with Crippen LogP contribution in [0.1, 0.15) is 37.2 Å². The number of aryl methyl sites for hydroxylation is 1. The van der Waals surface area contributed by atoms with Crippen LogP contribution in [0.15, 0.2) is 23.7 Å². The van der Waals surface area contributed by atoms with E-state index in [4.69, 9.17) is 0 Å². The summed E-state index contributed by atoms with van der Waals surface area (Å²) in [5.74, 6) is 0. The Morgan fingerprint density at radius 3 is 2.67 bits per heavy atom. The van der Waals surface area contributed by atoms with E-state index in [1.165, 1.54) is 5.69 Å². The average molecular weight is 304 g/mol. The molecule has 0 aliphatic heterocycles. The van der Waals surface area contributed by atoms with Crippen molar-refractivity contribution in [3.63, 3.8) is 0 Å². The minimum atomic E-state index is 0.0989. The van der Waals surface area contributed by atoms with Crippen LogP contribution in [0.4, 0.5) is 5.69 Å². The van der Waals surface area contributed by atoms with E-state index >= 15 is 0 Å². The van der Waals surface area contributed by atoms with Crippen molar-refractivity contribution in [2.75, 3.05) is 11.9 Å². The predicted octanol–water partition coefficient (Wildman–Crippen LogP) is 3.37. The lowest BCUT2D eigenvalue weighted by atomic mass is 10.1. The van der Waals surface area contributed by atoms with Crippen molar-refractivity contribution in [1.82, 2.24) is 15.3 Å². The first-order valence-electron chi connectivity index (χ1n) is 7.15. The molecule has 5 heteroatoms. The molecule has 4 nitrogen and oxygen atoms in total. The lowest BCUT2D eigenvalue weighted by molar-refractivity contribution is 0.421. The summed E-state index contributed by atoms with van der Waals surface area (Å²) in [5, 5.41) is 6.70. The fourth-order valence-corrected chi connectivity index (χ4v) is 2.57. The van der Waals surface area contributed by atoms with Gasteiger partial charge in [-0.15, -0.1) is 11.3 Å². The molecule has 2 aromatic rings. The minimum absolute atomic E-state index is 0.0989. The number of aromatic nitrogens is 2. The Kier molecular flexibility index (Phi) is 4.96. The molecule has 0 saturated heterocycles. The van der Waals surface area contributed by atoms with Gasteiger partial charge < -0.3 is 10.2 Å². The van der Waals surface area contributed by atoms with Crippen molar-refractivity contribution < 1.29 is 0 Å². The molecule has 0 aliphatic rings. The quantitative estimate of drug-likeness (QED) is 0.919. The largest absolute Gasteiger partial charge is 0.369 e. The molecular formula is C16H24N4S. The molecule has 0 aromatic carbocycles. The number of anilines is 1. The Hall–Kier alpha value is -1.46. The normalized spacial score (nSPS) is 11.7. The van der Waals surface area contributed by atoms with Gasteiger partial charge in [-0.2, -0.15) is 0 Å². The molecule has 0 aliphatic carbocycles. The monoisotopic (exact) mass is 304 g/mol. The highest BCUT2D eigenvalue weighted by molar-refractivity contribution is 7.09. The second-order valence-electron chi connectivity index (χ2n) is 6.32. The van der Waals surface area contributed by atoms with Crippen LogP contribution in [0.3, 0.4) is 0 Å². The van der Waals surface area contributed by atoms with Crippen LogP contribution in [-0.4, -0.2) is 22.6 Å². The molecule has 0 spiro atoms. The third-order valence-electron chi connectivity index (χ3n) is 3.11. The number of nitrogens with one attached hydrogen (secondary N) is 1. The van der Waals surface area contributed by atoms with Gasteiger partial charge in [-0.1, -0.05) is 0 Å². The maximum Gasteiger partial charge on any atom is 0.0898 e. The van der Waals surface area contributed by atoms with Gasteiger partial charge in [0.15, 0.2) is 0 Å². The Morgan fingerprint density at radius 1 is 1.29 bits per heavy atom. The Labute approximate surface area is 131 Å². The van der Waals surface area contributed by atoms with E-state index in [2.05, 4.69) is 59.4 Å². The van der Waals surface area contributed by atoms with E-state index < -0.39 is 0 Å². The standard InChI is InChI=1S/C16H24N4S/c1-12-19-14(11-21-12)10-20(5)15-6-7-17-13(8-15)9-18-16(2,3)4/h6-8,11,18H,9-10H2,1-5H3. The number of rotatable bonds is 5. The average Bonchev–Trinajstić information content (AvgIpc) is 2.81. The van der Waals surface area contributed by atoms with E-state index in [-0.39, 0.29) is 5.54 Å². The SMILES string of the molecule is Cc1nc(CN(C)c2ccnc(CNC(C)(C)C)c2)cs1. The van der Waals surface area contributed by atoms with Crippen molar-refractivity contribution in [2.24, 2.45) is 0 Å². The zero-order valence-electron chi connectivity index (χ0n) is 13.5. The van der Waals surface area contributed by atoms with Crippen LogP contribution in [0, 0.1) is 6.92 Å². The molecule has 0 radical (unpaired) electrons. The molecule has 0 unspecified atom stereocenters. The second-order valence-corrected chi connectivity index (χ2v) is 7.39. The van der Waals surface area contributed by atoms with Crippen LogP contribution >= 0.6 is 11.3 Å². The Morgan fingerprint density at radius 2 is 2.05 bits per heavy atom. The molecule has 0 fully saturated rings. The maximum absolute atomic E-state index is 4.52. The minimum Gasteiger partial charge on any atom is -0.369 e. The van der Waals surface area contributed by atoms with Gasteiger partial charge in [0.05, 0.1) is 22.9 Å². The van der Waals surface area contributed by atoms with Gasteiger partial charge in [0.1, 0.15) is 0 Å². The van der Waals surface area contributed by atoms with Gasteiger partial charge in [0.2, 0.25) is 0 Å². The summed E-state index contributed by atoms with van der Waals surface area (Å²) in [5.41, 5.74) is 3.44. The molecule has 0 bridgehead atoms. The van der Waals surface area contributed by atoms with E-state index in [9.17, 15) is 0 Å². The van der Waals surface area contributed by atoms with Crippen LogP contribution in [0.2, 0.25) is 0 Å². The summed E-state index contributed by atoms with van der Waals surface area (Å²) in [7, 11) is 2.09. The zero-order valence-corrected chi connectivity index (χ0v) is 14.3. The van der Waals surface area contributed by atoms with Gasteiger partial charge in [0.25, 0.3) is 0 Å². The summed E-state index contributed by atoms with van der Waals surface area (Å²) in [6.07, 6.45) is 1.87. The van der Waals surface area contributed by atoms with Crippen LogP contribution in [-0.2, 0) is 13.1 Å². The number of thiazole rings is 1. The third-order valence-corrected chi connectivity index (χ3v) is 3.93. The van der Waals surface area contributed by atoms with E-state index in [0.29, 0.717) is 0 Å². The van der Waals surface area contributed by atoms with Crippen molar-refractivity contribution in [3.05, 3.63) is 40.1 Å². The molecule has 0 saturated carbocycles. The lowest BCUT2D eigenvalue weighted by Gasteiger charge is -2.22. The number of nitrogens with zero attached hydrogens (tertiary/aromatic N) is 3. The van der Waals surface area contributed by atoms with E-state index in [1.807, 2.05) is 19.2 Å². The highest BCUT2D eigenvalue weighted by atomic mass is 32.1. The van der Waals surface area contributed by atoms with Gasteiger partial charge in [-0.3, -0.25) is 4.98 Å². The van der Waals surface area contributed by atoms with Gasteiger partial charge >= 0.3 is 0 Å². The number of hydrogen-bond acceptors (Lipinski definition) is 5. The molecule has 0 atom stereocenters. The fourth-order valence-electron chi connectivity index (χ4n) is 1.97. The lowest BCUT2D eigenvalue weighted by Crippen LogP contribution is -2.35. The summed E-state index contributed by atoms with van der Waals surface area (Å²) in [6.45, 7) is 10.1. The topological polar surface area (TPSA) is 41.1 Å². The van der Waals surface area contributed by atoms with Crippen molar-refractivity contribution in [2.45, 2.75) is 46.3 Å². The van der Waals surface area contributed by atoms with E-state index in [1.54, 1.807) is 11.3 Å².